The van der Waals surface area contributed by atoms with E-state index < -0.39 is 18.5 Å². The van der Waals surface area contributed by atoms with E-state index >= 15 is 0 Å². The number of benzene rings is 1. The van der Waals surface area contributed by atoms with Crippen LogP contribution in [0, 0.1) is 20.8 Å². The number of nitrogens with zero attached hydrogens (tertiary/aromatic N) is 2. The molecule has 2 aromatic rings. The molecule has 2 amide bonds. The zero-order valence-corrected chi connectivity index (χ0v) is 16.0. The number of aryl methyl sites for hydroxylation is 2. The number of ether oxygens (including phenoxy) is 1. The van der Waals surface area contributed by atoms with Crippen LogP contribution in [0.5, 0.6) is 0 Å². The highest BCUT2D eigenvalue weighted by Crippen LogP contribution is 2.23. The minimum atomic E-state index is -0.553. The van der Waals surface area contributed by atoms with Gasteiger partial charge in [0, 0.05) is 13.5 Å². The predicted octanol–water partition coefficient (Wildman–Crippen LogP) is 1.81. The van der Waals surface area contributed by atoms with E-state index in [0.717, 1.165) is 16.9 Å². The molecule has 2 rings (SSSR count). The second-order valence-corrected chi connectivity index (χ2v) is 6.23. The second kappa shape index (κ2) is 8.98. The molecule has 27 heavy (non-hydrogen) atoms. The van der Waals surface area contributed by atoms with Gasteiger partial charge in [-0.2, -0.15) is 5.10 Å². The lowest BCUT2D eigenvalue weighted by Crippen LogP contribution is -2.26. The number of carbonyl (C=O) groups is 3. The second-order valence-electron chi connectivity index (χ2n) is 6.23. The lowest BCUT2D eigenvalue weighted by molar-refractivity contribution is -0.147. The smallest absolute Gasteiger partial charge is 0.308 e. The molecule has 1 aromatic heterocycles. The van der Waals surface area contributed by atoms with E-state index in [9.17, 15) is 14.4 Å². The van der Waals surface area contributed by atoms with Gasteiger partial charge in [0.05, 0.1) is 29.2 Å². The third kappa shape index (κ3) is 5.67. The van der Waals surface area contributed by atoms with Gasteiger partial charge in [0.1, 0.15) is 0 Å². The molecule has 0 saturated carbocycles. The van der Waals surface area contributed by atoms with Crippen molar-refractivity contribution in [3.05, 3.63) is 41.2 Å². The quantitative estimate of drug-likeness (QED) is 0.722. The lowest BCUT2D eigenvalue weighted by atomic mass is 10.2. The summed E-state index contributed by atoms with van der Waals surface area (Å²) in [6.07, 6.45) is 0.0102. The molecule has 0 saturated heterocycles. The fraction of sp³-hybridized carbons (Fsp3) is 0.368. The fourth-order valence-corrected chi connectivity index (χ4v) is 2.50. The molecular weight excluding hydrogens is 348 g/mol. The molecule has 1 heterocycles. The first-order chi connectivity index (χ1) is 12.8. The molecule has 0 aliphatic carbocycles. The Balaban J connectivity index is 1.95. The normalized spacial score (nSPS) is 10.4. The van der Waals surface area contributed by atoms with Crippen LogP contribution in [0.15, 0.2) is 24.3 Å². The monoisotopic (exact) mass is 372 g/mol. The maximum absolute atomic E-state index is 12.1. The van der Waals surface area contributed by atoms with Gasteiger partial charge in [-0.25, -0.2) is 4.68 Å². The van der Waals surface area contributed by atoms with Gasteiger partial charge in [-0.15, -0.1) is 0 Å². The number of amides is 2. The van der Waals surface area contributed by atoms with Crippen molar-refractivity contribution in [2.24, 2.45) is 0 Å². The highest BCUT2D eigenvalue weighted by molar-refractivity contribution is 5.94. The average molecular weight is 372 g/mol. The number of hydrogen-bond acceptors (Lipinski definition) is 5. The Bertz CT molecular complexity index is 840. The molecule has 144 valence electrons. The van der Waals surface area contributed by atoms with Crippen molar-refractivity contribution in [3.8, 4) is 5.69 Å². The van der Waals surface area contributed by atoms with Crippen LogP contribution >= 0.6 is 0 Å². The number of hydrogen-bond donors (Lipinski definition) is 2. The van der Waals surface area contributed by atoms with Crippen molar-refractivity contribution in [1.82, 2.24) is 15.1 Å². The van der Waals surface area contributed by atoms with Crippen molar-refractivity contribution >= 4 is 23.5 Å². The zero-order chi connectivity index (χ0) is 20.0. The molecule has 2 N–H and O–H groups in total. The molecule has 0 radical (unpaired) electrons. The van der Waals surface area contributed by atoms with Gasteiger partial charge in [0.15, 0.2) is 6.61 Å². The molecule has 0 aliphatic rings. The van der Waals surface area contributed by atoms with Gasteiger partial charge in [-0.05, 0) is 32.9 Å². The Kier molecular flexibility index (Phi) is 6.70. The van der Waals surface area contributed by atoms with E-state index in [2.05, 4.69) is 15.7 Å². The molecule has 8 nitrogen and oxygen atoms in total. The topological polar surface area (TPSA) is 102 Å². The maximum atomic E-state index is 12.1. The van der Waals surface area contributed by atoms with Gasteiger partial charge in [-0.3, -0.25) is 14.4 Å². The summed E-state index contributed by atoms with van der Waals surface area (Å²) in [5, 5.41) is 9.70. The van der Waals surface area contributed by atoms with Gasteiger partial charge in [0.25, 0.3) is 5.91 Å². The number of nitrogens with one attached hydrogen (secondary N) is 2. The lowest BCUT2D eigenvalue weighted by Gasteiger charge is -2.08. The van der Waals surface area contributed by atoms with Gasteiger partial charge >= 0.3 is 5.97 Å². The summed E-state index contributed by atoms with van der Waals surface area (Å²) < 4.78 is 6.67. The maximum Gasteiger partial charge on any atom is 0.308 e. The summed E-state index contributed by atoms with van der Waals surface area (Å²) in [5.74, 6) is -1.22. The summed E-state index contributed by atoms with van der Waals surface area (Å²) in [5.41, 5.74) is 4.08. The van der Waals surface area contributed by atoms with Crippen molar-refractivity contribution in [1.29, 1.82) is 0 Å². The van der Waals surface area contributed by atoms with Crippen LogP contribution in [-0.4, -0.2) is 40.7 Å². The summed E-state index contributed by atoms with van der Waals surface area (Å²) in [6.45, 7) is 6.81. The molecule has 0 fully saturated rings. The van der Waals surface area contributed by atoms with Crippen LogP contribution in [0.2, 0.25) is 0 Å². The van der Waals surface area contributed by atoms with Crippen molar-refractivity contribution in [2.75, 3.05) is 18.5 Å². The Labute approximate surface area is 157 Å². The first kappa shape index (κ1) is 20.2. The van der Waals surface area contributed by atoms with E-state index in [1.165, 1.54) is 6.92 Å². The van der Waals surface area contributed by atoms with E-state index in [-0.39, 0.29) is 18.9 Å². The SMILES string of the molecule is CC(=O)NCCC(=O)OCC(=O)Nc1c(C)nn(-c2ccc(C)cc2)c1C. The molecule has 0 atom stereocenters. The van der Waals surface area contributed by atoms with Crippen LogP contribution in [0.25, 0.3) is 5.69 Å². The fourth-order valence-electron chi connectivity index (χ4n) is 2.50. The Morgan fingerprint density at radius 2 is 1.78 bits per heavy atom. The number of esters is 1. The Hall–Kier alpha value is -3.16. The van der Waals surface area contributed by atoms with Gasteiger partial charge < -0.3 is 15.4 Å². The third-order valence-corrected chi connectivity index (χ3v) is 3.90. The molecule has 8 heteroatoms. The third-order valence-electron chi connectivity index (χ3n) is 3.90. The van der Waals surface area contributed by atoms with Crippen molar-refractivity contribution in [2.45, 2.75) is 34.1 Å². The highest BCUT2D eigenvalue weighted by Gasteiger charge is 2.16. The average Bonchev–Trinajstić information content (AvgIpc) is 2.88. The highest BCUT2D eigenvalue weighted by atomic mass is 16.5. The van der Waals surface area contributed by atoms with E-state index in [1.54, 1.807) is 11.6 Å². The largest absolute Gasteiger partial charge is 0.456 e. The minimum Gasteiger partial charge on any atom is -0.456 e. The molecule has 0 aliphatic heterocycles. The van der Waals surface area contributed by atoms with Crippen LogP contribution in [0.4, 0.5) is 5.69 Å². The number of aromatic nitrogens is 2. The number of carbonyl (C=O) groups excluding carboxylic acids is 3. The summed E-state index contributed by atoms with van der Waals surface area (Å²) in [7, 11) is 0. The van der Waals surface area contributed by atoms with Crippen molar-refractivity contribution < 1.29 is 19.1 Å². The first-order valence-corrected chi connectivity index (χ1v) is 8.61. The molecular formula is C19H24N4O4. The predicted molar refractivity (Wildman–Crippen MR) is 101 cm³/mol. The Morgan fingerprint density at radius 3 is 2.41 bits per heavy atom. The molecule has 0 spiro atoms. The van der Waals surface area contributed by atoms with E-state index in [0.29, 0.717) is 11.4 Å². The Morgan fingerprint density at radius 1 is 1.11 bits per heavy atom. The number of anilines is 1. The van der Waals surface area contributed by atoms with Gasteiger partial charge in [0.2, 0.25) is 5.91 Å². The molecule has 1 aromatic carbocycles. The minimum absolute atomic E-state index is 0.0102. The summed E-state index contributed by atoms with van der Waals surface area (Å²) >= 11 is 0. The van der Waals surface area contributed by atoms with Crippen LogP contribution in [-0.2, 0) is 19.1 Å². The number of rotatable bonds is 7. The van der Waals surface area contributed by atoms with E-state index in [1.807, 2.05) is 38.1 Å². The van der Waals surface area contributed by atoms with Crippen LogP contribution < -0.4 is 10.6 Å². The summed E-state index contributed by atoms with van der Waals surface area (Å²) in [4.78, 5) is 34.4. The molecule has 0 unspecified atom stereocenters. The summed E-state index contributed by atoms with van der Waals surface area (Å²) in [6, 6.07) is 7.89. The first-order valence-electron chi connectivity index (χ1n) is 8.61. The van der Waals surface area contributed by atoms with E-state index in [4.69, 9.17) is 4.74 Å². The molecule has 0 bridgehead atoms. The van der Waals surface area contributed by atoms with Gasteiger partial charge in [-0.1, -0.05) is 17.7 Å². The van der Waals surface area contributed by atoms with Crippen LogP contribution in [0.3, 0.4) is 0 Å². The zero-order valence-electron chi connectivity index (χ0n) is 16.0. The van der Waals surface area contributed by atoms with Crippen molar-refractivity contribution in [3.63, 3.8) is 0 Å². The van der Waals surface area contributed by atoms with Crippen LogP contribution in [0.1, 0.15) is 30.3 Å². The standard InChI is InChI=1S/C19H24N4O4/c1-12-5-7-16(8-6-12)23-14(3)19(13(2)22-23)21-17(25)11-27-18(26)9-10-20-15(4)24/h5-8H,9-11H2,1-4H3,(H,20,24)(H,21,25).